The highest BCUT2D eigenvalue weighted by Crippen LogP contribution is 2.07. The number of carbonyl (C=O) groups excluding carboxylic acids is 1. The minimum absolute atomic E-state index is 0.0539. The highest BCUT2D eigenvalue weighted by atomic mass is 16.2. The molecule has 0 fully saturated rings. The molecule has 0 radical (unpaired) electrons. The molecule has 0 aliphatic heterocycles. The van der Waals surface area contributed by atoms with Crippen LogP contribution in [0.15, 0.2) is 47.6 Å². The fraction of sp³-hybridized carbons (Fsp3) is 0.500. The minimum Gasteiger partial charge on any atom is -0.332 e. The van der Waals surface area contributed by atoms with Crippen LogP contribution < -0.4 is 0 Å². The van der Waals surface area contributed by atoms with E-state index in [4.69, 9.17) is 0 Å². The molecule has 0 bridgehead atoms. The van der Waals surface area contributed by atoms with E-state index in [1.54, 1.807) is 17.1 Å². The van der Waals surface area contributed by atoms with Crippen molar-refractivity contribution in [2.24, 2.45) is 0 Å². The molecular formula is C18H29NO. The van der Waals surface area contributed by atoms with E-state index in [2.05, 4.69) is 39.5 Å². The quantitative estimate of drug-likeness (QED) is 0.466. The Hall–Kier alpha value is -1.57. The number of rotatable bonds is 8. The van der Waals surface area contributed by atoms with E-state index in [0.717, 1.165) is 18.4 Å². The van der Waals surface area contributed by atoms with Gasteiger partial charge in [-0.25, -0.2) is 0 Å². The summed E-state index contributed by atoms with van der Waals surface area (Å²) in [6.07, 6.45) is 9.93. The molecule has 0 rings (SSSR count). The Morgan fingerprint density at radius 3 is 2.15 bits per heavy atom. The maximum Gasteiger partial charge on any atom is 0.247 e. The third kappa shape index (κ3) is 9.37. The molecule has 20 heavy (non-hydrogen) atoms. The molecule has 0 spiro atoms. The average Bonchev–Trinajstić information content (AvgIpc) is 2.32. The lowest BCUT2D eigenvalue weighted by atomic mass is 10.1. The van der Waals surface area contributed by atoms with Crippen molar-refractivity contribution in [3.8, 4) is 0 Å². The van der Waals surface area contributed by atoms with E-state index in [1.165, 1.54) is 11.1 Å². The van der Waals surface area contributed by atoms with Crippen LogP contribution in [0.2, 0.25) is 0 Å². The van der Waals surface area contributed by atoms with Gasteiger partial charge in [0.1, 0.15) is 0 Å². The van der Waals surface area contributed by atoms with Gasteiger partial charge in [-0.2, -0.15) is 0 Å². The fourth-order valence-corrected chi connectivity index (χ4v) is 1.71. The molecule has 0 N–H and O–H groups in total. The van der Waals surface area contributed by atoms with Gasteiger partial charge >= 0.3 is 0 Å². The largest absolute Gasteiger partial charge is 0.332 e. The van der Waals surface area contributed by atoms with Crippen LogP contribution in [0.4, 0.5) is 0 Å². The van der Waals surface area contributed by atoms with Gasteiger partial charge in [0.2, 0.25) is 5.91 Å². The molecule has 1 amide bonds. The summed E-state index contributed by atoms with van der Waals surface area (Å²) in [6.45, 7) is 15.2. The van der Waals surface area contributed by atoms with Gasteiger partial charge in [0, 0.05) is 19.2 Å². The molecule has 2 nitrogen and oxygen atoms in total. The molecule has 0 heterocycles. The highest BCUT2D eigenvalue weighted by Gasteiger charge is 2.07. The Kier molecular flexibility index (Phi) is 9.44. The lowest BCUT2D eigenvalue weighted by molar-refractivity contribution is -0.125. The Labute approximate surface area is 124 Å². The van der Waals surface area contributed by atoms with E-state index in [0.29, 0.717) is 13.1 Å². The van der Waals surface area contributed by atoms with Gasteiger partial charge in [0.05, 0.1) is 0 Å². The average molecular weight is 275 g/mol. The van der Waals surface area contributed by atoms with Gasteiger partial charge in [-0.1, -0.05) is 34.9 Å². The Balaban J connectivity index is 4.52. The minimum atomic E-state index is 0.0539. The number of hydrogen-bond donors (Lipinski definition) is 0. The normalized spacial score (nSPS) is 10.8. The summed E-state index contributed by atoms with van der Waals surface area (Å²) in [4.78, 5) is 13.8. The fourth-order valence-electron chi connectivity index (χ4n) is 1.71. The van der Waals surface area contributed by atoms with Crippen LogP contribution in [0.5, 0.6) is 0 Å². The van der Waals surface area contributed by atoms with Gasteiger partial charge in [0.15, 0.2) is 0 Å². The van der Waals surface area contributed by atoms with Crippen molar-refractivity contribution in [1.29, 1.82) is 0 Å². The molecule has 0 atom stereocenters. The number of hydrogen-bond acceptors (Lipinski definition) is 1. The number of nitrogens with zero attached hydrogens (tertiary/aromatic N) is 1. The topological polar surface area (TPSA) is 20.3 Å². The summed E-state index contributed by atoms with van der Waals surface area (Å²) < 4.78 is 0. The second-order valence-electron chi connectivity index (χ2n) is 5.62. The molecule has 0 aliphatic carbocycles. The van der Waals surface area contributed by atoms with E-state index >= 15 is 0 Å². The number of carbonyl (C=O) groups is 1. The van der Waals surface area contributed by atoms with Gasteiger partial charge in [-0.15, -0.1) is 6.58 Å². The van der Waals surface area contributed by atoms with Crippen LogP contribution in [-0.4, -0.2) is 23.9 Å². The molecule has 0 aromatic carbocycles. The second-order valence-corrected chi connectivity index (χ2v) is 5.62. The van der Waals surface area contributed by atoms with E-state index in [9.17, 15) is 4.79 Å². The zero-order chi connectivity index (χ0) is 15.5. The van der Waals surface area contributed by atoms with Gasteiger partial charge in [0.25, 0.3) is 0 Å². The first kappa shape index (κ1) is 18.4. The SMILES string of the molecule is C=CCN(C/C=C(\C)CCC=C(C)C)C(=O)C=C(C)C. The Morgan fingerprint density at radius 2 is 1.65 bits per heavy atom. The smallest absolute Gasteiger partial charge is 0.247 e. The van der Waals surface area contributed by atoms with Crippen molar-refractivity contribution in [2.45, 2.75) is 47.5 Å². The first-order valence-corrected chi connectivity index (χ1v) is 7.20. The Bertz CT molecular complexity index is 405. The summed E-state index contributed by atoms with van der Waals surface area (Å²) in [6, 6.07) is 0. The van der Waals surface area contributed by atoms with Crippen LogP contribution >= 0.6 is 0 Å². The van der Waals surface area contributed by atoms with Gasteiger partial charge < -0.3 is 4.90 Å². The zero-order valence-corrected chi connectivity index (χ0v) is 13.7. The van der Waals surface area contributed by atoms with Crippen LogP contribution in [0, 0.1) is 0 Å². The van der Waals surface area contributed by atoms with Gasteiger partial charge in [-0.05, 0) is 47.5 Å². The summed E-state index contributed by atoms with van der Waals surface area (Å²) >= 11 is 0. The van der Waals surface area contributed by atoms with Crippen LogP contribution in [0.3, 0.4) is 0 Å². The standard InChI is InChI=1S/C18H29NO/c1-7-12-19(18(20)14-16(4)5)13-11-17(6)10-8-9-15(2)3/h7,9,11,14H,1,8,10,12-13H2,2-6H3/b17-11+. The molecule has 0 aromatic heterocycles. The second kappa shape index (κ2) is 10.2. The molecular weight excluding hydrogens is 246 g/mol. The maximum absolute atomic E-state index is 12.0. The predicted octanol–water partition coefficient (Wildman–Crippen LogP) is 4.66. The molecule has 0 aliphatic rings. The number of allylic oxidation sites excluding steroid dienone is 4. The number of amides is 1. The first-order chi connectivity index (χ1) is 9.36. The highest BCUT2D eigenvalue weighted by molar-refractivity contribution is 5.88. The van der Waals surface area contributed by atoms with Crippen molar-refractivity contribution >= 4 is 5.91 Å². The zero-order valence-electron chi connectivity index (χ0n) is 13.7. The van der Waals surface area contributed by atoms with Crippen LogP contribution in [-0.2, 0) is 4.79 Å². The first-order valence-electron chi connectivity index (χ1n) is 7.20. The summed E-state index contributed by atoms with van der Waals surface area (Å²) in [5, 5.41) is 0. The van der Waals surface area contributed by atoms with E-state index in [1.807, 2.05) is 13.8 Å². The molecule has 112 valence electrons. The maximum atomic E-state index is 12.0. The molecule has 0 saturated carbocycles. The van der Waals surface area contributed by atoms with Gasteiger partial charge in [-0.3, -0.25) is 4.79 Å². The van der Waals surface area contributed by atoms with Crippen molar-refractivity contribution in [1.82, 2.24) is 4.90 Å². The third-order valence-electron chi connectivity index (χ3n) is 2.82. The lowest BCUT2D eigenvalue weighted by Gasteiger charge is -2.18. The lowest BCUT2D eigenvalue weighted by Crippen LogP contribution is -2.30. The summed E-state index contributed by atoms with van der Waals surface area (Å²) in [5.74, 6) is 0.0539. The molecule has 0 saturated heterocycles. The van der Waals surface area contributed by atoms with Crippen molar-refractivity contribution < 1.29 is 4.79 Å². The Morgan fingerprint density at radius 1 is 1.00 bits per heavy atom. The monoisotopic (exact) mass is 275 g/mol. The summed E-state index contributed by atoms with van der Waals surface area (Å²) in [5.41, 5.74) is 3.69. The molecule has 2 heteroatoms. The van der Waals surface area contributed by atoms with Crippen molar-refractivity contribution in [2.75, 3.05) is 13.1 Å². The van der Waals surface area contributed by atoms with E-state index in [-0.39, 0.29) is 5.91 Å². The van der Waals surface area contributed by atoms with E-state index < -0.39 is 0 Å². The molecule has 0 aromatic rings. The van der Waals surface area contributed by atoms with Crippen LogP contribution in [0.1, 0.15) is 47.5 Å². The van der Waals surface area contributed by atoms with Crippen molar-refractivity contribution in [3.05, 3.63) is 47.6 Å². The third-order valence-corrected chi connectivity index (χ3v) is 2.82. The van der Waals surface area contributed by atoms with Crippen molar-refractivity contribution in [3.63, 3.8) is 0 Å². The molecule has 0 unspecified atom stereocenters. The summed E-state index contributed by atoms with van der Waals surface area (Å²) in [7, 11) is 0. The van der Waals surface area contributed by atoms with Crippen LogP contribution in [0.25, 0.3) is 0 Å². The predicted molar refractivity (Wildman–Crippen MR) is 88.6 cm³/mol.